The fourth-order valence-corrected chi connectivity index (χ4v) is 4.15. The van der Waals surface area contributed by atoms with Crippen molar-refractivity contribution in [2.75, 3.05) is 0 Å². The maximum absolute atomic E-state index is 13.1. The lowest BCUT2D eigenvalue weighted by atomic mass is 10.3. The third-order valence-corrected chi connectivity index (χ3v) is 5.27. The molecule has 0 bridgehead atoms. The summed E-state index contributed by atoms with van der Waals surface area (Å²) in [5, 5.41) is 7.39. The van der Waals surface area contributed by atoms with Gasteiger partial charge in [-0.1, -0.05) is 18.2 Å². The van der Waals surface area contributed by atoms with E-state index in [2.05, 4.69) is 19.9 Å². The van der Waals surface area contributed by atoms with Crippen molar-refractivity contribution in [3.05, 3.63) is 48.3 Å². The Labute approximate surface area is 125 Å². The van der Waals surface area contributed by atoms with Crippen molar-refractivity contribution in [2.24, 2.45) is 0 Å². The molecular formula is C14H10N4O3S. The van der Waals surface area contributed by atoms with E-state index in [9.17, 15) is 8.42 Å². The number of hydrogen-bond acceptors (Lipinski definition) is 6. The quantitative estimate of drug-likeness (QED) is 0.563. The lowest BCUT2D eigenvalue weighted by Gasteiger charge is -2.08. The molecule has 0 saturated carbocycles. The van der Waals surface area contributed by atoms with Gasteiger partial charge >= 0.3 is 0 Å². The molecule has 0 saturated heterocycles. The predicted octanol–water partition coefficient (Wildman–Crippen LogP) is 2.12. The molecule has 7 nitrogen and oxygen atoms in total. The second-order valence-corrected chi connectivity index (χ2v) is 6.56. The van der Waals surface area contributed by atoms with Crippen molar-refractivity contribution in [3.8, 4) is 0 Å². The normalized spacial score (nSPS) is 12.2. The molecule has 0 atom stereocenters. The van der Waals surface area contributed by atoms with Crippen molar-refractivity contribution >= 4 is 32.1 Å². The number of benzene rings is 2. The van der Waals surface area contributed by atoms with Crippen LogP contribution in [0.2, 0.25) is 0 Å². The van der Waals surface area contributed by atoms with Crippen molar-refractivity contribution in [2.45, 2.75) is 11.8 Å². The molecule has 2 heterocycles. The molecule has 0 aliphatic rings. The van der Waals surface area contributed by atoms with E-state index in [0.717, 1.165) is 0 Å². The van der Waals surface area contributed by atoms with E-state index in [1.54, 1.807) is 37.3 Å². The Kier molecular flexibility index (Phi) is 2.58. The van der Waals surface area contributed by atoms with Crippen molar-refractivity contribution in [1.82, 2.24) is 19.3 Å². The zero-order valence-corrected chi connectivity index (χ0v) is 12.3. The van der Waals surface area contributed by atoms with Crippen LogP contribution in [0.1, 0.15) is 5.82 Å². The van der Waals surface area contributed by atoms with Gasteiger partial charge in [0, 0.05) is 0 Å². The maximum Gasteiger partial charge on any atom is 0.272 e. The van der Waals surface area contributed by atoms with Gasteiger partial charge in [0.15, 0.2) is 5.52 Å². The van der Waals surface area contributed by atoms with Gasteiger partial charge in [-0.15, -0.1) is 0 Å². The summed E-state index contributed by atoms with van der Waals surface area (Å²) in [6, 6.07) is 11.8. The van der Waals surface area contributed by atoms with Crippen LogP contribution >= 0.6 is 0 Å². The molecule has 0 fully saturated rings. The van der Waals surface area contributed by atoms with Gasteiger partial charge in [0.1, 0.15) is 16.2 Å². The highest BCUT2D eigenvalue weighted by atomic mass is 32.2. The smallest absolute Gasteiger partial charge is 0.243 e. The van der Waals surface area contributed by atoms with Gasteiger partial charge in [-0.25, -0.2) is 22.0 Å². The van der Waals surface area contributed by atoms with E-state index in [1.165, 1.54) is 10.0 Å². The fraction of sp³-hybridized carbons (Fsp3) is 0.0714. The Morgan fingerprint density at radius 2 is 1.77 bits per heavy atom. The predicted molar refractivity (Wildman–Crippen MR) is 78.9 cm³/mol. The van der Waals surface area contributed by atoms with Crippen LogP contribution in [0, 0.1) is 6.92 Å². The Hall–Kier alpha value is -2.74. The average molecular weight is 314 g/mol. The van der Waals surface area contributed by atoms with Crippen LogP contribution in [0.3, 0.4) is 0 Å². The molecule has 8 heteroatoms. The van der Waals surface area contributed by atoms with E-state index in [-0.39, 0.29) is 10.4 Å². The lowest BCUT2D eigenvalue weighted by Crippen LogP contribution is -2.15. The van der Waals surface area contributed by atoms with E-state index >= 15 is 0 Å². The van der Waals surface area contributed by atoms with Crippen LogP contribution in [0.15, 0.2) is 52.0 Å². The molecule has 0 radical (unpaired) electrons. The fourth-order valence-electron chi connectivity index (χ4n) is 2.52. The Morgan fingerprint density at radius 3 is 2.64 bits per heavy atom. The zero-order valence-electron chi connectivity index (χ0n) is 11.5. The highest BCUT2D eigenvalue weighted by Gasteiger charge is 2.26. The second kappa shape index (κ2) is 4.38. The molecule has 0 aliphatic carbocycles. The summed E-state index contributed by atoms with van der Waals surface area (Å²) in [7, 11) is -3.86. The Morgan fingerprint density at radius 1 is 1.00 bits per heavy atom. The van der Waals surface area contributed by atoms with Gasteiger partial charge in [-0.2, -0.15) is 0 Å². The zero-order chi connectivity index (χ0) is 15.3. The van der Waals surface area contributed by atoms with Crippen LogP contribution < -0.4 is 0 Å². The maximum atomic E-state index is 13.1. The molecule has 2 aromatic carbocycles. The van der Waals surface area contributed by atoms with Gasteiger partial charge in [0.25, 0.3) is 10.0 Å². The summed E-state index contributed by atoms with van der Waals surface area (Å²) < 4.78 is 32.0. The van der Waals surface area contributed by atoms with Crippen LogP contribution in [-0.2, 0) is 10.0 Å². The SMILES string of the molecule is Cc1nc2ccccc2n1S(=O)(=O)c1cccc2nonc12. The number of rotatable bonds is 2. The van der Waals surface area contributed by atoms with Gasteiger partial charge < -0.3 is 0 Å². The van der Waals surface area contributed by atoms with Crippen molar-refractivity contribution < 1.29 is 13.0 Å². The van der Waals surface area contributed by atoms with Gasteiger partial charge in [0.05, 0.1) is 11.0 Å². The standard InChI is InChI=1S/C14H10N4O3S/c1-9-15-10-5-2-3-7-12(10)18(9)22(19,20)13-8-4-6-11-14(13)17-21-16-11/h2-8H,1H3. The van der Waals surface area contributed by atoms with E-state index in [0.29, 0.717) is 22.4 Å². The topological polar surface area (TPSA) is 90.9 Å². The number of aryl methyl sites for hydroxylation is 1. The number of aromatic nitrogens is 4. The highest BCUT2D eigenvalue weighted by molar-refractivity contribution is 7.90. The number of fused-ring (bicyclic) bond motifs is 2. The van der Waals surface area contributed by atoms with E-state index in [4.69, 9.17) is 0 Å². The molecule has 0 aliphatic heterocycles. The van der Waals surface area contributed by atoms with Gasteiger partial charge in [-0.05, 0) is 41.5 Å². The van der Waals surface area contributed by atoms with Crippen LogP contribution in [0.25, 0.3) is 22.1 Å². The molecule has 0 N–H and O–H groups in total. The molecule has 2 aromatic heterocycles. The van der Waals surface area contributed by atoms with Gasteiger partial charge in [0.2, 0.25) is 0 Å². The summed E-state index contributed by atoms with van der Waals surface area (Å²) in [5.41, 5.74) is 1.74. The molecule has 0 unspecified atom stereocenters. The number of hydrogen-bond donors (Lipinski definition) is 0. The van der Waals surface area contributed by atoms with Crippen LogP contribution in [0.4, 0.5) is 0 Å². The van der Waals surface area contributed by atoms with Crippen LogP contribution in [-0.4, -0.2) is 27.7 Å². The molecule has 4 rings (SSSR count). The molecule has 0 amide bonds. The summed E-state index contributed by atoms with van der Waals surface area (Å²) in [5.74, 6) is 0.384. The van der Waals surface area contributed by atoms with Crippen molar-refractivity contribution in [3.63, 3.8) is 0 Å². The third kappa shape index (κ3) is 1.67. The highest BCUT2D eigenvalue weighted by Crippen LogP contribution is 2.26. The lowest BCUT2D eigenvalue weighted by molar-refractivity contribution is 0.315. The molecule has 0 spiro atoms. The molecule has 4 aromatic rings. The van der Waals surface area contributed by atoms with E-state index in [1.807, 2.05) is 6.07 Å². The first-order valence-corrected chi connectivity index (χ1v) is 7.94. The minimum atomic E-state index is -3.86. The monoisotopic (exact) mass is 314 g/mol. The minimum Gasteiger partial charge on any atom is -0.243 e. The first-order valence-electron chi connectivity index (χ1n) is 6.50. The van der Waals surface area contributed by atoms with Crippen LogP contribution in [0.5, 0.6) is 0 Å². The van der Waals surface area contributed by atoms with Gasteiger partial charge in [-0.3, -0.25) is 0 Å². The molecule has 110 valence electrons. The summed E-state index contributed by atoms with van der Waals surface area (Å²) >= 11 is 0. The first kappa shape index (κ1) is 13.0. The first-order chi connectivity index (χ1) is 10.6. The Bertz CT molecular complexity index is 1110. The van der Waals surface area contributed by atoms with E-state index < -0.39 is 10.0 Å². The third-order valence-electron chi connectivity index (χ3n) is 3.44. The summed E-state index contributed by atoms with van der Waals surface area (Å²) in [6.07, 6.45) is 0. The largest absolute Gasteiger partial charge is 0.272 e. The summed E-state index contributed by atoms with van der Waals surface area (Å²) in [4.78, 5) is 4.34. The number of nitrogens with zero attached hydrogens (tertiary/aromatic N) is 4. The average Bonchev–Trinajstić information content (AvgIpc) is 3.09. The molecular weight excluding hydrogens is 304 g/mol. The van der Waals surface area contributed by atoms with Crippen molar-refractivity contribution in [1.29, 1.82) is 0 Å². The molecule has 22 heavy (non-hydrogen) atoms. The Balaban J connectivity index is 2.09. The second-order valence-electron chi connectivity index (χ2n) is 4.81. The number of imidazole rings is 1. The number of para-hydroxylation sites is 2. The minimum absolute atomic E-state index is 0.0394. The summed E-state index contributed by atoms with van der Waals surface area (Å²) in [6.45, 7) is 1.65.